The first kappa shape index (κ1) is 10.2. The summed E-state index contributed by atoms with van der Waals surface area (Å²) >= 11 is 0. The Morgan fingerprint density at radius 3 is 3.00 bits per heavy atom. The van der Waals surface area contributed by atoms with Crippen molar-refractivity contribution in [1.82, 2.24) is 9.88 Å². The van der Waals surface area contributed by atoms with Gasteiger partial charge in [0.2, 0.25) is 0 Å². The molecule has 15 heavy (non-hydrogen) atoms. The van der Waals surface area contributed by atoms with Crippen LogP contribution in [0.5, 0.6) is 0 Å². The van der Waals surface area contributed by atoms with Gasteiger partial charge in [0.1, 0.15) is 0 Å². The second-order valence-corrected chi connectivity index (χ2v) is 3.98. The number of anilines is 2. The molecule has 0 radical (unpaired) electrons. The number of hydrogen-bond donors (Lipinski definition) is 2. The molecule has 4 nitrogen and oxygen atoms in total. The van der Waals surface area contributed by atoms with Crippen LogP contribution in [0.3, 0.4) is 0 Å². The van der Waals surface area contributed by atoms with Gasteiger partial charge in [-0.25, -0.2) is 4.39 Å². The first-order valence-electron chi connectivity index (χ1n) is 5.01. The van der Waals surface area contributed by atoms with Gasteiger partial charge >= 0.3 is 0 Å². The van der Waals surface area contributed by atoms with Crippen molar-refractivity contribution in [2.24, 2.45) is 0 Å². The molecular weight excluding hydrogens is 195 g/mol. The van der Waals surface area contributed by atoms with Crippen LogP contribution in [0.4, 0.5) is 15.8 Å². The number of hydrogen-bond acceptors (Lipinski definition) is 4. The lowest BCUT2D eigenvalue weighted by Crippen LogP contribution is -2.24. The fourth-order valence-electron chi connectivity index (χ4n) is 1.86. The second kappa shape index (κ2) is 4.02. The molecule has 0 bridgehead atoms. The molecule has 1 aromatic rings. The van der Waals surface area contributed by atoms with E-state index in [-0.39, 0.29) is 11.9 Å². The van der Waals surface area contributed by atoms with E-state index in [1.165, 1.54) is 12.4 Å². The molecule has 0 amide bonds. The van der Waals surface area contributed by atoms with Gasteiger partial charge in [0.15, 0.2) is 5.82 Å². The third-order valence-corrected chi connectivity index (χ3v) is 2.67. The molecule has 1 aliphatic heterocycles. The monoisotopic (exact) mass is 210 g/mol. The Morgan fingerprint density at radius 1 is 1.60 bits per heavy atom. The lowest BCUT2D eigenvalue weighted by atomic mass is 10.2. The van der Waals surface area contributed by atoms with Crippen molar-refractivity contribution < 1.29 is 4.39 Å². The highest BCUT2D eigenvalue weighted by atomic mass is 19.1. The van der Waals surface area contributed by atoms with Gasteiger partial charge in [-0.15, -0.1) is 0 Å². The predicted molar refractivity (Wildman–Crippen MR) is 58.1 cm³/mol. The van der Waals surface area contributed by atoms with E-state index in [2.05, 4.69) is 15.2 Å². The van der Waals surface area contributed by atoms with E-state index in [1.807, 2.05) is 7.05 Å². The molecule has 1 fully saturated rings. The summed E-state index contributed by atoms with van der Waals surface area (Å²) in [5.41, 5.74) is 6.40. The van der Waals surface area contributed by atoms with Crippen molar-refractivity contribution >= 4 is 11.4 Å². The zero-order valence-corrected chi connectivity index (χ0v) is 8.70. The highest BCUT2D eigenvalue weighted by Crippen LogP contribution is 2.23. The van der Waals surface area contributed by atoms with Crippen molar-refractivity contribution in [1.29, 1.82) is 0 Å². The van der Waals surface area contributed by atoms with Crippen molar-refractivity contribution in [2.45, 2.75) is 12.5 Å². The maximum atomic E-state index is 13.4. The summed E-state index contributed by atoms with van der Waals surface area (Å²) in [4.78, 5) is 5.88. The molecule has 1 aliphatic rings. The molecule has 2 heterocycles. The summed E-state index contributed by atoms with van der Waals surface area (Å²) in [5, 5.41) is 3.13. The van der Waals surface area contributed by atoms with E-state index >= 15 is 0 Å². The molecule has 5 heteroatoms. The van der Waals surface area contributed by atoms with Crippen molar-refractivity contribution in [3.8, 4) is 0 Å². The van der Waals surface area contributed by atoms with Crippen LogP contribution in [0.15, 0.2) is 12.4 Å². The first-order chi connectivity index (χ1) is 7.16. The molecule has 0 saturated carbocycles. The van der Waals surface area contributed by atoms with Gasteiger partial charge < -0.3 is 16.0 Å². The van der Waals surface area contributed by atoms with Gasteiger partial charge in [0.25, 0.3) is 0 Å². The summed E-state index contributed by atoms with van der Waals surface area (Å²) in [6.07, 6.45) is 3.65. The zero-order chi connectivity index (χ0) is 10.8. The third kappa shape index (κ3) is 2.18. The highest BCUT2D eigenvalue weighted by Gasteiger charge is 2.20. The molecule has 2 rings (SSSR count). The van der Waals surface area contributed by atoms with Gasteiger partial charge in [-0.3, -0.25) is 4.98 Å². The van der Waals surface area contributed by atoms with Gasteiger partial charge in [0.05, 0.1) is 23.8 Å². The number of pyridine rings is 1. The van der Waals surface area contributed by atoms with Crippen LogP contribution in [-0.4, -0.2) is 36.1 Å². The van der Waals surface area contributed by atoms with E-state index in [4.69, 9.17) is 5.73 Å². The van der Waals surface area contributed by atoms with Gasteiger partial charge in [0, 0.05) is 12.6 Å². The molecule has 1 atom stereocenters. The Hall–Kier alpha value is -1.36. The quantitative estimate of drug-likeness (QED) is 0.762. The van der Waals surface area contributed by atoms with Crippen LogP contribution in [0.25, 0.3) is 0 Å². The van der Waals surface area contributed by atoms with Gasteiger partial charge in [-0.05, 0) is 20.0 Å². The third-order valence-electron chi connectivity index (χ3n) is 2.67. The van der Waals surface area contributed by atoms with Crippen LogP contribution in [0.2, 0.25) is 0 Å². The summed E-state index contributed by atoms with van der Waals surface area (Å²) in [6.45, 7) is 1.95. The normalized spacial score (nSPS) is 21.9. The van der Waals surface area contributed by atoms with E-state index in [0.717, 1.165) is 19.5 Å². The number of halogens is 1. The topological polar surface area (TPSA) is 54.2 Å². The molecule has 1 aromatic heterocycles. The largest absolute Gasteiger partial charge is 0.396 e. The van der Waals surface area contributed by atoms with Crippen LogP contribution >= 0.6 is 0 Å². The Bertz CT molecular complexity index is 335. The van der Waals surface area contributed by atoms with Crippen molar-refractivity contribution in [3.05, 3.63) is 18.2 Å². The van der Waals surface area contributed by atoms with Crippen molar-refractivity contribution in [2.75, 3.05) is 31.2 Å². The Kier molecular flexibility index (Phi) is 2.73. The summed E-state index contributed by atoms with van der Waals surface area (Å²) in [7, 11) is 2.05. The van der Waals surface area contributed by atoms with E-state index in [0.29, 0.717) is 11.4 Å². The number of nitrogen functional groups attached to an aromatic ring is 1. The summed E-state index contributed by atoms with van der Waals surface area (Å²) < 4.78 is 13.4. The molecular formula is C10H15FN4. The second-order valence-electron chi connectivity index (χ2n) is 3.98. The molecule has 0 spiro atoms. The average Bonchev–Trinajstić information content (AvgIpc) is 2.58. The van der Waals surface area contributed by atoms with E-state index in [1.54, 1.807) is 0 Å². The summed E-state index contributed by atoms with van der Waals surface area (Å²) in [5.74, 6) is -0.385. The Balaban J connectivity index is 2.10. The molecule has 0 aliphatic carbocycles. The Morgan fingerprint density at radius 2 is 2.40 bits per heavy atom. The number of nitrogens with two attached hydrogens (primary N) is 1. The summed E-state index contributed by atoms with van der Waals surface area (Å²) in [6, 6.07) is 0.272. The number of likely N-dealkylation sites (tertiary alicyclic amines) is 1. The predicted octanol–water partition coefficient (Wildman–Crippen LogP) is 0.919. The molecule has 1 saturated heterocycles. The van der Waals surface area contributed by atoms with E-state index in [9.17, 15) is 4.39 Å². The molecule has 0 aromatic carbocycles. The lowest BCUT2D eigenvalue weighted by molar-refractivity contribution is 0.414. The number of aromatic nitrogens is 1. The number of nitrogens with one attached hydrogen (secondary N) is 1. The minimum Gasteiger partial charge on any atom is -0.396 e. The lowest BCUT2D eigenvalue weighted by Gasteiger charge is -2.16. The van der Waals surface area contributed by atoms with Gasteiger partial charge in [-0.2, -0.15) is 0 Å². The molecule has 0 unspecified atom stereocenters. The highest BCUT2D eigenvalue weighted by molar-refractivity contribution is 5.65. The van der Waals surface area contributed by atoms with Crippen LogP contribution in [-0.2, 0) is 0 Å². The minimum atomic E-state index is -0.385. The maximum Gasteiger partial charge on any atom is 0.166 e. The smallest absolute Gasteiger partial charge is 0.166 e. The first-order valence-corrected chi connectivity index (χ1v) is 5.01. The van der Waals surface area contributed by atoms with Crippen molar-refractivity contribution in [3.63, 3.8) is 0 Å². The van der Waals surface area contributed by atoms with Crippen LogP contribution in [0, 0.1) is 5.82 Å². The van der Waals surface area contributed by atoms with Gasteiger partial charge in [-0.1, -0.05) is 0 Å². The molecule has 3 N–H and O–H groups in total. The SMILES string of the molecule is CN1CC[C@@H](Nc2c(N)cncc2F)C1. The number of likely N-dealkylation sites (N-methyl/N-ethyl adjacent to an activating group) is 1. The fourth-order valence-corrected chi connectivity index (χ4v) is 1.86. The van der Waals surface area contributed by atoms with Crippen LogP contribution in [0.1, 0.15) is 6.42 Å². The van der Waals surface area contributed by atoms with E-state index < -0.39 is 0 Å². The zero-order valence-electron chi connectivity index (χ0n) is 8.70. The average molecular weight is 210 g/mol. The van der Waals surface area contributed by atoms with Crippen LogP contribution < -0.4 is 11.1 Å². The maximum absolute atomic E-state index is 13.4. The standard InChI is InChI=1S/C10H15FN4/c1-15-3-2-7(6-15)14-10-8(11)4-13-5-9(10)12/h4-5,7H,2-3,6,12H2,1H3,(H,13,14)/t7-/m1/s1. The Labute approximate surface area is 88.3 Å². The fraction of sp³-hybridized carbons (Fsp3) is 0.500. The number of nitrogens with zero attached hydrogens (tertiary/aromatic N) is 2. The number of rotatable bonds is 2. The minimum absolute atomic E-state index is 0.272. The molecule has 82 valence electrons.